The molecule has 1 fully saturated rings. The van der Waals surface area contributed by atoms with E-state index in [0.717, 1.165) is 35.9 Å². The second-order valence-corrected chi connectivity index (χ2v) is 6.49. The molecule has 3 rings (SSSR count). The predicted octanol–water partition coefficient (Wildman–Crippen LogP) is 1.82. The topological polar surface area (TPSA) is 61.0 Å². The standard InChI is InChI=1S/C16H20N4OS/c21-16(17-12-14-6-7-18-19-14)15(13-4-2-1-3-5-13)20-8-10-22-11-9-20/h1-7,15H,8-12H2,(H,17,21)(H,18,19)/t15-/m0/s1. The summed E-state index contributed by atoms with van der Waals surface area (Å²) < 4.78 is 0. The van der Waals surface area contributed by atoms with Crippen molar-refractivity contribution >= 4 is 17.7 Å². The zero-order valence-electron chi connectivity index (χ0n) is 12.4. The van der Waals surface area contributed by atoms with E-state index in [2.05, 4.69) is 20.4 Å². The number of benzene rings is 1. The molecule has 0 bridgehead atoms. The van der Waals surface area contributed by atoms with Gasteiger partial charge in [-0.1, -0.05) is 30.3 Å². The summed E-state index contributed by atoms with van der Waals surface area (Å²) in [6, 6.07) is 11.7. The fourth-order valence-electron chi connectivity index (χ4n) is 2.66. The van der Waals surface area contributed by atoms with Crippen molar-refractivity contribution in [1.82, 2.24) is 20.4 Å². The van der Waals surface area contributed by atoms with Crippen LogP contribution in [-0.4, -0.2) is 45.6 Å². The van der Waals surface area contributed by atoms with Crippen LogP contribution in [0.2, 0.25) is 0 Å². The van der Waals surface area contributed by atoms with Crippen molar-refractivity contribution < 1.29 is 4.79 Å². The minimum Gasteiger partial charge on any atom is -0.349 e. The lowest BCUT2D eigenvalue weighted by Crippen LogP contribution is -2.44. The Labute approximate surface area is 134 Å². The number of rotatable bonds is 5. The first-order chi connectivity index (χ1) is 10.8. The molecule has 1 aliphatic heterocycles. The van der Waals surface area contributed by atoms with Crippen LogP contribution in [0.5, 0.6) is 0 Å². The van der Waals surface area contributed by atoms with Gasteiger partial charge in [0.1, 0.15) is 6.04 Å². The lowest BCUT2D eigenvalue weighted by molar-refractivity contribution is -0.126. The fourth-order valence-corrected chi connectivity index (χ4v) is 3.59. The molecule has 6 heteroatoms. The number of hydrogen-bond donors (Lipinski definition) is 2. The van der Waals surface area contributed by atoms with Gasteiger partial charge >= 0.3 is 0 Å². The van der Waals surface area contributed by atoms with Gasteiger partial charge in [0.25, 0.3) is 0 Å². The van der Waals surface area contributed by atoms with Crippen LogP contribution >= 0.6 is 11.8 Å². The highest BCUT2D eigenvalue weighted by molar-refractivity contribution is 7.99. The number of aromatic nitrogens is 2. The van der Waals surface area contributed by atoms with Gasteiger partial charge < -0.3 is 5.32 Å². The SMILES string of the molecule is O=C(NCc1ccn[nH]1)[C@H](c1ccccc1)N1CCSCC1. The van der Waals surface area contributed by atoms with Crippen LogP contribution in [0.4, 0.5) is 0 Å². The van der Waals surface area contributed by atoms with E-state index in [9.17, 15) is 4.79 Å². The van der Waals surface area contributed by atoms with Gasteiger partial charge in [0.15, 0.2) is 0 Å². The van der Waals surface area contributed by atoms with Crippen LogP contribution in [0, 0.1) is 0 Å². The van der Waals surface area contributed by atoms with Gasteiger partial charge in [-0.15, -0.1) is 0 Å². The largest absolute Gasteiger partial charge is 0.349 e. The Morgan fingerprint density at radius 1 is 1.27 bits per heavy atom. The van der Waals surface area contributed by atoms with E-state index in [1.807, 2.05) is 48.2 Å². The molecule has 1 atom stereocenters. The smallest absolute Gasteiger partial charge is 0.242 e. The summed E-state index contributed by atoms with van der Waals surface area (Å²) in [5.74, 6) is 2.21. The Kier molecular flexibility index (Phi) is 5.13. The van der Waals surface area contributed by atoms with E-state index in [1.54, 1.807) is 6.20 Å². The maximum atomic E-state index is 12.7. The van der Waals surface area contributed by atoms with Gasteiger partial charge in [0.05, 0.1) is 12.2 Å². The molecule has 0 aliphatic carbocycles. The van der Waals surface area contributed by atoms with E-state index in [1.165, 1.54) is 0 Å². The minimum absolute atomic E-state index is 0.0488. The maximum Gasteiger partial charge on any atom is 0.242 e. The molecule has 0 radical (unpaired) electrons. The predicted molar refractivity (Wildman–Crippen MR) is 88.5 cm³/mol. The molecule has 1 amide bonds. The number of carbonyl (C=O) groups excluding carboxylic acids is 1. The van der Waals surface area contributed by atoms with Gasteiger partial charge in [-0.3, -0.25) is 14.8 Å². The summed E-state index contributed by atoms with van der Waals surface area (Å²) in [6.45, 7) is 2.37. The molecule has 1 aromatic heterocycles. The van der Waals surface area contributed by atoms with Crippen molar-refractivity contribution in [3.8, 4) is 0 Å². The summed E-state index contributed by atoms with van der Waals surface area (Å²) in [6.07, 6.45) is 1.69. The highest BCUT2D eigenvalue weighted by Gasteiger charge is 2.28. The molecule has 116 valence electrons. The van der Waals surface area contributed by atoms with Crippen molar-refractivity contribution in [2.24, 2.45) is 0 Å². The lowest BCUT2D eigenvalue weighted by Gasteiger charge is -2.33. The normalized spacial score (nSPS) is 17.1. The highest BCUT2D eigenvalue weighted by Crippen LogP contribution is 2.24. The summed E-state index contributed by atoms with van der Waals surface area (Å²) >= 11 is 1.95. The molecule has 5 nitrogen and oxygen atoms in total. The average molecular weight is 316 g/mol. The molecule has 2 N–H and O–H groups in total. The first kappa shape index (κ1) is 15.1. The zero-order chi connectivity index (χ0) is 15.2. The number of nitrogens with one attached hydrogen (secondary N) is 2. The molecular weight excluding hydrogens is 296 g/mol. The van der Waals surface area contributed by atoms with Gasteiger partial charge in [0.2, 0.25) is 5.91 Å². The first-order valence-corrected chi connectivity index (χ1v) is 8.63. The third-order valence-electron chi connectivity index (χ3n) is 3.79. The lowest BCUT2D eigenvalue weighted by atomic mass is 10.0. The molecule has 22 heavy (non-hydrogen) atoms. The van der Waals surface area contributed by atoms with Crippen LogP contribution < -0.4 is 5.32 Å². The van der Waals surface area contributed by atoms with Crippen molar-refractivity contribution in [2.75, 3.05) is 24.6 Å². The molecule has 0 spiro atoms. The number of aromatic amines is 1. The van der Waals surface area contributed by atoms with E-state index < -0.39 is 0 Å². The van der Waals surface area contributed by atoms with Gasteiger partial charge in [-0.05, 0) is 11.6 Å². The van der Waals surface area contributed by atoms with E-state index in [0.29, 0.717) is 6.54 Å². The van der Waals surface area contributed by atoms with Crippen LogP contribution in [0.3, 0.4) is 0 Å². The molecule has 0 unspecified atom stereocenters. The van der Waals surface area contributed by atoms with Crippen LogP contribution in [-0.2, 0) is 11.3 Å². The third-order valence-corrected chi connectivity index (χ3v) is 4.73. The molecule has 2 heterocycles. The maximum absolute atomic E-state index is 12.7. The van der Waals surface area contributed by atoms with Crippen LogP contribution in [0.1, 0.15) is 17.3 Å². The van der Waals surface area contributed by atoms with Crippen LogP contribution in [0.25, 0.3) is 0 Å². The Morgan fingerprint density at radius 2 is 2.05 bits per heavy atom. The Balaban J connectivity index is 1.73. The molecule has 2 aromatic rings. The van der Waals surface area contributed by atoms with E-state index >= 15 is 0 Å². The average Bonchev–Trinajstić information content (AvgIpc) is 3.09. The molecule has 1 aliphatic rings. The van der Waals surface area contributed by atoms with Gasteiger partial charge in [-0.2, -0.15) is 16.9 Å². The molecule has 1 aromatic carbocycles. The summed E-state index contributed by atoms with van der Waals surface area (Å²) in [5, 5.41) is 9.79. The van der Waals surface area contributed by atoms with Crippen molar-refractivity contribution in [1.29, 1.82) is 0 Å². The molecule has 0 saturated carbocycles. The van der Waals surface area contributed by atoms with E-state index in [-0.39, 0.29) is 11.9 Å². The number of thioether (sulfide) groups is 1. The van der Waals surface area contributed by atoms with E-state index in [4.69, 9.17) is 0 Å². The second-order valence-electron chi connectivity index (χ2n) is 5.26. The number of H-pyrrole nitrogens is 1. The number of amides is 1. The second kappa shape index (κ2) is 7.47. The zero-order valence-corrected chi connectivity index (χ0v) is 13.2. The summed E-state index contributed by atoms with van der Waals surface area (Å²) in [4.78, 5) is 15.0. The summed E-state index contributed by atoms with van der Waals surface area (Å²) in [7, 11) is 0. The fraction of sp³-hybridized carbons (Fsp3) is 0.375. The highest BCUT2D eigenvalue weighted by atomic mass is 32.2. The van der Waals surface area contributed by atoms with Gasteiger partial charge in [-0.25, -0.2) is 0 Å². The number of nitrogens with zero attached hydrogens (tertiary/aromatic N) is 2. The Hall–Kier alpha value is -1.79. The Bertz CT molecular complexity index is 581. The van der Waals surface area contributed by atoms with Crippen molar-refractivity contribution in [2.45, 2.75) is 12.6 Å². The molecular formula is C16H20N4OS. The number of hydrogen-bond acceptors (Lipinski definition) is 4. The number of carbonyl (C=O) groups is 1. The third kappa shape index (κ3) is 3.69. The summed E-state index contributed by atoms with van der Waals surface area (Å²) in [5.41, 5.74) is 1.96. The van der Waals surface area contributed by atoms with Crippen LogP contribution in [0.15, 0.2) is 42.6 Å². The van der Waals surface area contributed by atoms with Crippen molar-refractivity contribution in [3.05, 3.63) is 53.9 Å². The monoisotopic (exact) mass is 316 g/mol. The minimum atomic E-state index is -0.218. The molecule has 1 saturated heterocycles. The Morgan fingerprint density at radius 3 is 2.73 bits per heavy atom. The van der Waals surface area contributed by atoms with Gasteiger partial charge in [0, 0.05) is 30.8 Å². The first-order valence-electron chi connectivity index (χ1n) is 7.47. The van der Waals surface area contributed by atoms with Crippen molar-refractivity contribution in [3.63, 3.8) is 0 Å². The quantitative estimate of drug-likeness (QED) is 0.883.